The summed E-state index contributed by atoms with van der Waals surface area (Å²) in [5, 5.41) is 3.44. The van der Waals surface area contributed by atoms with E-state index in [0.717, 1.165) is 12.8 Å². The topological polar surface area (TPSA) is 67.9 Å². The Hall–Kier alpha value is -1.95. The van der Waals surface area contributed by atoms with Crippen molar-refractivity contribution in [3.8, 4) is 5.75 Å². The summed E-state index contributed by atoms with van der Waals surface area (Å²) in [6, 6.07) is 6.98. The van der Waals surface area contributed by atoms with E-state index in [1.165, 1.54) is 0 Å². The lowest BCUT2D eigenvalue weighted by Gasteiger charge is -2.33. The standard InChI is InChI=1S/C17H23ClN2O4/c1-2-23-17(22)19-14-4-3-10-20(12-14)16(21)9-11-24-15-7-5-13(18)6-8-15/h5-8,14H,2-4,9-12H2,1H3,(H,19,22)/t14-/m0/s1. The molecule has 132 valence electrons. The smallest absolute Gasteiger partial charge is 0.407 e. The van der Waals surface area contributed by atoms with Gasteiger partial charge in [0.1, 0.15) is 5.75 Å². The molecule has 1 aromatic rings. The first-order valence-corrected chi connectivity index (χ1v) is 8.55. The van der Waals surface area contributed by atoms with E-state index >= 15 is 0 Å². The molecule has 0 saturated carbocycles. The summed E-state index contributed by atoms with van der Waals surface area (Å²) in [5.74, 6) is 0.715. The van der Waals surface area contributed by atoms with E-state index < -0.39 is 6.09 Å². The second-order valence-corrected chi connectivity index (χ2v) is 6.03. The number of hydrogen-bond acceptors (Lipinski definition) is 4. The van der Waals surface area contributed by atoms with Crippen LogP contribution in [0.4, 0.5) is 4.79 Å². The van der Waals surface area contributed by atoms with E-state index in [2.05, 4.69) is 5.32 Å². The third-order valence-electron chi connectivity index (χ3n) is 3.77. The maximum atomic E-state index is 12.3. The van der Waals surface area contributed by atoms with Crippen molar-refractivity contribution in [2.24, 2.45) is 0 Å². The van der Waals surface area contributed by atoms with Crippen molar-refractivity contribution < 1.29 is 19.1 Å². The molecule has 1 atom stereocenters. The fourth-order valence-corrected chi connectivity index (χ4v) is 2.73. The number of alkyl carbamates (subject to hydrolysis) is 1. The Bertz CT molecular complexity index is 550. The lowest BCUT2D eigenvalue weighted by molar-refractivity contribution is -0.133. The summed E-state index contributed by atoms with van der Waals surface area (Å²) in [6.45, 7) is 3.63. The molecule has 1 heterocycles. The minimum atomic E-state index is -0.428. The highest BCUT2D eigenvalue weighted by Crippen LogP contribution is 2.16. The summed E-state index contributed by atoms with van der Waals surface area (Å²) >= 11 is 5.81. The van der Waals surface area contributed by atoms with Gasteiger partial charge in [0.2, 0.25) is 5.91 Å². The Morgan fingerprint density at radius 2 is 2.08 bits per heavy atom. The molecule has 6 nitrogen and oxygen atoms in total. The number of halogens is 1. The lowest BCUT2D eigenvalue weighted by atomic mass is 10.1. The molecule has 1 aromatic carbocycles. The van der Waals surface area contributed by atoms with E-state index in [4.69, 9.17) is 21.1 Å². The molecule has 1 aliphatic heterocycles. The zero-order chi connectivity index (χ0) is 17.4. The number of amides is 2. The molecule has 0 unspecified atom stereocenters. The van der Waals surface area contributed by atoms with Crippen LogP contribution in [0, 0.1) is 0 Å². The molecule has 7 heteroatoms. The summed E-state index contributed by atoms with van der Waals surface area (Å²) in [7, 11) is 0. The number of nitrogens with zero attached hydrogens (tertiary/aromatic N) is 1. The number of nitrogens with one attached hydrogen (secondary N) is 1. The van der Waals surface area contributed by atoms with Crippen LogP contribution in [0.1, 0.15) is 26.2 Å². The predicted octanol–water partition coefficient (Wildman–Crippen LogP) is 2.85. The van der Waals surface area contributed by atoms with Gasteiger partial charge in [0.05, 0.1) is 19.6 Å². The van der Waals surface area contributed by atoms with Gasteiger partial charge in [-0.2, -0.15) is 0 Å². The molecule has 0 radical (unpaired) electrons. The number of likely N-dealkylation sites (tertiary alicyclic amines) is 1. The number of benzene rings is 1. The van der Waals surface area contributed by atoms with Crippen LogP contribution in [0.3, 0.4) is 0 Å². The zero-order valence-corrected chi connectivity index (χ0v) is 14.6. The normalized spacial score (nSPS) is 17.2. The molecule has 0 aromatic heterocycles. The molecule has 2 rings (SSSR count). The van der Waals surface area contributed by atoms with Crippen molar-refractivity contribution in [2.75, 3.05) is 26.3 Å². The van der Waals surface area contributed by atoms with Gasteiger partial charge < -0.3 is 19.7 Å². The maximum absolute atomic E-state index is 12.3. The van der Waals surface area contributed by atoms with E-state index in [1.54, 1.807) is 36.1 Å². The Morgan fingerprint density at radius 1 is 1.33 bits per heavy atom. The highest BCUT2D eigenvalue weighted by Gasteiger charge is 2.24. The highest BCUT2D eigenvalue weighted by molar-refractivity contribution is 6.30. The van der Waals surface area contributed by atoms with Gasteiger partial charge in [-0.15, -0.1) is 0 Å². The van der Waals surface area contributed by atoms with Crippen molar-refractivity contribution >= 4 is 23.6 Å². The summed E-state index contributed by atoms with van der Waals surface area (Å²) in [4.78, 5) is 25.5. The average molecular weight is 355 g/mol. The SMILES string of the molecule is CCOC(=O)N[C@H]1CCCN(C(=O)CCOc2ccc(Cl)cc2)C1. The Kier molecular flexibility index (Phi) is 7.18. The van der Waals surface area contributed by atoms with E-state index in [1.807, 2.05) is 0 Å². The third kappa shape index (κ3) is 5.92. The van der Waals surface area contributed by atoms with Crippen molar-refractivity contribution in [3.63, 3.8) is 0 Å². The quantitative estimate of drug-likeness (QED) is 0.853. The van der Waals surface area contributed by atoms with Crippen LogP contribution in [0.15, 0.2) is 24.3 Å². The minimum absolute atomic E-state index is 0.0272. The number of ether oxygens (including phenoxy) is 2. The van der Waals surface area contributed by atoms with Crippen LogP contribution in [-0.4, -0.2) is 49.2 Å². The average Bonchev–Trinajstić information content (AvgIpc) is 2.57. The van der Waals surface area contributed by atoms with Crippen LogP contribution in [0.5, 0.6) is 5.75 Å². The van der Waals surface area contributed by atoms with Gasteiger partial charge >= 0.3 is 6.09 Å². The summed E-state index contributed by atoms with van der Waals surface area (Å²) < 4.78 is 10.4. The second kappa shape index (κ2) is 9.37. The van der Waals surface area contributed by atoms with Crippen molar-refractivity contribution in [2.45, 2.75) is 32.2 Å². The summed E-state index contributed by atoms with van der Waals surface area (Å²) in [5.41, 5.74) is 0. The Morgan fingerprint density at radius 3 is 2.79 bits per heavy atom. The number of carbonyl (C=O) groups excluding carboxylic acids is 2. The molecule has 0 aliphatic carbocycles. The molecule has 0 bridgehead atoms. The monoisotopic (exact) mass is 354 g/mol. The largest absolute Gasteiger partial charge is 0.493 e. The van der Waals surface area contributed by atoms with Gasteiger partial charge in [0.15, 0.2) is 0 Å². The van der Waals surface area contributed by atoms with Gasteiger partial charge in [0, 0.05) is 24.2 Å². The molecule has 1 aliphatic rings. The highest BCUT2D eigenvalue weighted by atomic mass is 35.5. The first-order valence-electron chi connectivity index (χ1n) is 8.18. The van der Waals surface area contributed by atoms with Crippen LogP contribution < -0.4 is 10.1 Å². The van der Waals surface area contributed by atoms with Crippen molar-refractivity contribution in [3.05, 3.63) is 29.3 Å². The molecule has 1 saturated heterocycles. The first-order chi connectivity index (χ1) is 11.6. The molecule has 1 fully saturated rings. The number of hydrogen-bond donors (Lipinski definition) is 1. The van der Waals surface area contributed by atoms with Crippen molar-refractivity contribution in [1.29, 1.82) is 0 Å². The van der Waals surface area contributed by atoms with Gasteiger partial charge in [-0.25, -0.2) is 4.79 Å². The fraction of sp³-hybridized carbons (Fsp3) is 0.529. The van der Waals surface area contributed by atoms with Crippen LogP contribution in [0.25, 0.3) is 0 Å². The number of rotatable bonds is 6. The molecule has 24 heavy (non-hydrogen) atoms. The molecular weight excluding hydrogens is 332 g/mol. The number of carbonyl (C=O) groups is 2. The van der Waals surface area contributed by atoms with Gasteiger partial charge in [-0.1, -0.05) is 11.6 Å². The van der Waals surface area contributed by atoms with E-state index in [9.17, 15) is 9.59 Å². The third-order valence-corrected chi connectivity index (χ3v) is 4.02. The predicted molar refractivity (Wildman–Crippen MR) is 91.3 cm³/mol. The van der Waals surface area contributed by atoms with Crippen molar-refractivity contribution in [1.82, 2.24) is 10.2 Å². The number of piperidine rings is 1. The van der Waals surface area contributed by atoms with Crippen LogP contribution in [-0.2, 0) is 9.53 Å². The Labute approximate surface area is 147 Å². The van der Waals surface area contributed by atoms with Gasteiger partial charge in [-0.3, -0.25) is 4.79 Å². The van der Waals surface area contributed by atoms with E-state index in [-0.39, 0.29) is 11.9 Å². The molecule has 2 amide bonds. The fourth-order valence-electron chi connectivity index (χ4n) is 2.61. The first kappa shape index (κ1) is 18.4. The Balaban J connectivity index is 1.73. The van der Waals surface area contributed by atoms with Crippen LogP contribution >= 0.6 is 11.6 Å². The van der Waals surface area contributed by atoms with Gasteiger partial charge in [-0.05, 0) is 44.0 Å². The maximum Gasteiger partial charge on any atom is 0.407 e. The lowest BCUT2D eigenvalue weighted by Crippen LogP contribution is -2.49. The summed E-state index contributed by atoms with van der Waals surface area (Å²) in [6.07, 6.45) is 1.59. The molecule has 0 spiro atoms. The zero-order valence-electron chi connectivity index (χ0n) is 13.8. The minimum Gasteiger partial charge on any atom is -0.493 e. The molecule has 1 N–H and O–H groups in total. The van der Waals surface area contributed by atoms with Crippen LogP contribution in [0.2, 0.25) is 5.02 Å². The van der Waals surface area contributed by atoms with Gasteiger partial charge in [0.25, 0.3) is 0 Å². The van der Waals surface area contributed by atoms with E-state index in [0.29, 0.717) is 43.5 Å². The second-order valence-electron chi connectivity index (χ2n) is 5.60. The molecular formula is C17H23ClN2O4.